The quantitative estimate of drug-likeness (QED) is 0.549. The summed E-state index contributed by atoms with van der Waals surface area (Å²) in [6, 6.07) is 6.74. The lowest BCUT2D eigenvalue weighted by Crippen LogP contribution is -2.28. The molecule has 1 N–H and O–H groups in total. The van der Waals surface area contributed by atoms with E-state index in [2.05, 4.69) is 10.2 Å². The van der Waals surface area contributed by atoms with Gasteiger partial charge in [0, 0.05) is 21.3 Å². The summed E-state index contributed by atoms with van der Waals surface area (Å²) in [6.07, 6.45) is 3.04. The number of allylic oxidation sites excluding steroid dienone is 2. The second-order valence-electron chi connectivity index (χ2n) is 5.87. The Kier molecular flexibility index (Phi) is 5.59. The maximum atomic E-state index is 12.9. The van der Waals surface area contributed by atoms with Crippen molar-refractivity contribution >= 4 is 34.9 Å². The van der Waals surface area contributed by atoms with Gasteiger partial charge < -0.3 is 14.5 Å². The number of hydrogen-bond acceptors (Lipinski definition) is 4. The Morgan fingerprint density at radius 3 is 2.74 bits per heavy atom. The number of ether oxygens (including phenoxy) is 1. The average molecular weight is 403 g/mol. The van der Waals surface area contributed by atoms with E-state index < -0.39 is 11.9 Å². The molecule has 0 fully saturated rings. The third-order valence-electron chi connectivity index (χ3n) is 4.23. The van der Waals surface area contributed by atoms with Crippen molar-refractivity contribution in [1.82, 2.24) is 5.32 Å². The maximum Gasteiger partial charge on any atom is 0.335 e. The summed E-state index contributed by atoms with van der Waals surface area (Å²) in [5.41, 5.74) is 3.12. The number of nitrogens with one attached hydrogen (secondary N) is 1. The molecule has 0 radical (unpaired) electrons. The summed E-state index contributed by atoms with van der Waals surface area (Å²) < 4.78 is 10.5. The number of rotatable bonds is 4. The van der Waals surface area contributed by atoms with Crippen LogP contribution in [0.1, 0.15) is 30.9 Å². The number of carbonyl (C=O) groups excluding carboxylic acids is 1. The lowest BCUT2D eigenvalue weighted by molar-refractivity contribution is -0.138. The molecule has 0 bridgehead atoms. The zero-order chi connectivity index (χ0) is 19.6. The first-order chi connectivity index (χ1) is 13.0. The normalized spacial score (nSPS) is 16.8. The topological polar surface area (TPSA) is 55.8 Å². The summed E-state index contributed by atoms with van der Waals surface area (Å²) in [5.74, 6) is -1.21. The predicted molar refractivity (Wildman–Crippen MR) is 104 cm³/mol. The molecule has 1 aliphatic heterocycles. The molecule has 0 aliphatic carbocycles. The van der Waals surface area contributed by atoms with Gasteiger partial charge in [-0.25, -0.2) is 9.64 Å². The fraction of sp³-hybridized carbons (Fsp3) is 0.200. The molecule has 2 heterocycles. The number of nitrogens with zero attached hydrogens (tertiary/aromatic N) is 1. The molecular formula is C20H16Cl2N2O3. The average Bonchev–Trinajstić information content (AvgIpc) is 3.15. The van der Waals surface area contributed by atoms with Crippen LogP contribution in [0, 0.1) is 6.57 Å². The Labute approximate surface area is 167 Å². The van der Waals surface area contributed by atoms with Gasteiger partial charge in [-0.05, 0) is 37.6 Å². The van der Waals surface area contributed by atoms with Crippen LogP contribution >= 0.6 is 23.2 Å². The van der Waals surface area contributed by atoms with Crippen LogP contribution in [0.5, 0.6) is 0 Å². The smallest absolute Gasteiger partial charge is 0.335 e. The van der Waals surface area contributed by atoms with E-state index in [1.807, 2.05) is 0 Å². The van der Waals surface area contributed by atoms with Crippen LogP contribution in [0.4, 0.5) is 0 Å². The van der Waals surface area contributed by atoms with Crippen molar-refractivity contribution in [2.45, 2.75) is 19.8 Å². The Hall–Kier alpha value is -2.68. The molecule has 0 saturated carbocycles. The highest BCUT2D eigenvalue weighted by atomic mass is 35.5. The highest BCUT2D eigenvalue weighted by Gasteiger charge is 2.37. The minimum Gasteiger partial charge on any atom is -0.472 e. The number of esters is 1. The molecule has 5 nitrogen and oxygen atoms in total. The summed E-state index contributed by atoms with van der Waals surface area (Å²) in [4.78, 5) is 16.6. The molecule has 2 aromatic rings. The first-order valence-corrected chi connectivity index (χ1v) is 8.97. The van der Waals surface area contributed by atoms with E-state index in [4.69, 9.17) is 38.9 Å². The number of carbonyl (C=O) groups is 1. The van der Waals surface area contributed by atoms with Crippen molar-refractivity contribution in [3.63, 3.8) is 0 Å². The fourth-order valence-corrected chi connectivity index (χ4v) is 3.58. The lowest BCUT2D eigenvalue weighted by atomic mass is 9.83. The van der Waals surface area contributed by atoms with E-state index >= 15 is 0 Å². The minimum atomic E-state index is -0.683. The van der Waals surface area contributed by atoms with Crippen molar-refractivity contribution < 1.29 is 13.9 Å². The number of dihydropyridines is 1. The van der Waals surface area contributed by atoms with Crippen LogP contribution in [0.15, 0.2) is 58.2 Å². The van der Waals surface area contributed by atoms with Crippen molar-refractivity contribution in [2.24, 2.45) is 0 Å². The van der Waals surface area contributed by atoms with Gasteiger partial charge in [0.1, 0.15) is 0 Å². The molecule has 1 atom stereocenters. The number of hydrogen-bond donors (Lipinski definition) is 1. The van der Waals surface area contributed by atoms with Crippen LogP contribution in [0.2, 0.25) is 10.0 Å². The predicted octanol–water partition coefficient (Wildman–Crippen LogP) is 5.40. The second-order valence-corrected chi connectivity index (χ2v) is 6.71. The zero-order valence-electron chi connectivity index (χ0n) is 14.7. The van der Waals surface area contributed by atoms with Crippen LogP contribution in [-0.4, -0.2) is 12.6 Å². The van der Waals surface area contributed by atoms with Crippen LogP contribution in [0.3, 0.4) is 0 Å². The van der Waals surface area contributed by atoms with Crippen molar-refractivity contribution in [2.75, 3.05) is 6.61 Å². The highest BCUT2D eigenvalue weighted by molar-refractivity contribution is 6.35. The van der Waals surface area contributed by atoms with Gasteiger partial charge in [0.2, 0.25) is 0 Å². The molecule has 3 rings (SSSR count). The largest absolute Gasteiger partial charge is 0.472 e. The zero-order valence-corrected chi connectivity index (χ0v) is 16.2. The van der Waals surface area contributed by atoms with E-state index in [0.717, 1.165) is 0 Å². The first-order valence-electron chi connectivity index (χ1n) is 8.22. The standard InChI is InChI=1S/C20H16Cl2N2O3/c1-4-27-20(25)17-16(14-6-5-13(21)9-15(14)22)18(23-3)11(2)24-19(17)12-7-8-26-10-12/h5-10,16,24H,4H2,1-2H3. The van der Waals surface area contributed by atoms with Gasteiger partial charge in [0.05, 0.1) is 42.9 Å². The molecule has 138 valence electrons. The third kappa shape index (κ3) is 3.59. The minimum absolute atomic E-state index is 0.206. The van der Waals surface area contributed by atoms with E-state index in [9.17, 15) is 4.79 Å². The van der Waals surface area contributed by atoms with Gasteiger partial charge in [-0.1, -0.05) is 29.3 Å². The Bertz CT molecular complexity index is 985. The molecule has 0 saturated heterocycles. The van der Waals surface area contributed by atoms with Gasteiger partial charge >= 0.3 is 5.97 Å². The molecule has 0 spiro atoms. The van der Waals surface area contributed by atoms with Gasteiger partial charge in [-0.15, -0.1) is 0 Å². The van der Waals surface area contributed by atoms with Gasteiger partial charge in [0.25, 0.3) is 0 Å². The number of halogens is 2. The highest BCUT2D eigenvalue weighted by Crippen LogP contribution is 2.44. The van der Waals surface area contributed by atoms with E-state index in [1.54, 1.807) is 38.1 Å². The van der Waals surface area contributed by atoms with Gasteiger partial charge in [-0.3, -0.25) is 0 Å². The molecule has 0 amide bonds. The fourth-order valence-electron chi connectivity index (χ4n) is 3.07. The Balaban J connectivity index is 2.30. The molecule has 1 aliphatic rings. The van der Waals surface area contributed by atoms with Crippen LogP contribution < -0.4 is 5.32 Å². The van der Waals surface area contributed by atoms with Crippen LogP contribution in [0.25, 0.3) is 10.5 Å². The second kappa shape index (κ2) is 7.91. The molecule has 1 aromatic heterocycles. The summed E-state index contributed by atoms with van der Waals surface area (Å²) in [5, 5.41) is 4.00. The Morgan fingerprint density at radius 2 is 2.15 bits per heavy atom. The lowest BCUT2D eigenvalue weighted by Gasteiger charge is -2.29. The SMILES string of the molecule is [C-]#[N+]C1=C(C)NC(c2ccoc2)=C(C(=O)OCC)C1c1ccc(Cl)cc1Cl. The van der Waals surface area contributed by atoms with E-state index in [-0.39, 0.29) is 6.61 Å². The summed E-state index contributed by atoms with van der Waals surface area (Å²) >= 11 is 12.5. The Morgan fingerprint density at radius 1 is 1.37 bits per heavy atom. The van der Waals surface area contributed by atoms with Gasteiger partial charge in [-0.2, -0.15) is 0 Å². The van der Waals surface area contributed by atoms with Crippen molar-refractivity contribution in [1.29, 1.82) is 0 Å². The van der Waals surface area contributed by atoms with E-state index in [0.29, 0.717) is 43.8 Å². The van der Waals surface area contributed by atoms with Crippen molar-refractivity contribution in [3.8, 4) is 0 Å². The molecule has 27 heavy (non-hydrogen) atoms. The summed E-state index contributed by atoms with van der Waals surface area (Å²) in [6.45, 7) is 11.4. The number of benzene rings is 1. The number of furan rings is 1. The van der Waals surface area contributed by atoms with E-state index in [1.165, 1.54) is 12.5 Å². The molecular weight excluding hydrogens is 387 g/mol. The molecule has 7 heteroatoms. The maximum absolute atomic E-state index is 12.9. The van der Waals surface area contributed by atoms with Crippen LogP contribution in [-0.2, 0) is 9.53 Å². The monoisotopic (exact) mass is 402 g/mol. The van der Waals surface area contributed by atoms with Crippen molar-refractivity contribution in [3.05, 3.63) is 86.3 Å². The van der Waals surface area contributed by atoms with Gasteiger partial charge in [0.15, 0.2) is 5.70 Å². The third-order valence-corrected chi connectivity index (χ3v) is 4.79. The summed E-state index contributed by atoms with van der Waals surface area (Å²) in [7, 11) is 0. The molecule has 1 aromatic carbocycles. The first kappa shape index (κ1) is 19.1. The molecule has 1 unspecified atom stereocenters.